The van der Waals surface area contributed by atoms with Gasteiger partial charge in [-0.3, -0.25) is 4.79 Å². The van der Waals surface area contributed by atoms with Gasteiger partial charge in [-0.1, -0.05) is 35.8 Å². The Labute approximate surface area is 114 Å². The van der Waals surface area contributed by atoms with Crippen molar-refractivity contribution in [2.45, 2.75) is 20.3 Å². The number of nitrogens with two attached hydrogens (primary N) is 1. The van der Waals surface area contributed by atoms with E-state index in [4.69, 9.17) is 5.73 Å². The highest BCUT2D eigenvalue weighted by molar-refractivity contribution is 9.10. The third-order valence-electron chi connectivity index (χ3n) is 2.89. The van der Waals surface area contributed by atoms with Gasteiger partial charge in [0.05, 0.1) is 10.9 Å². The van der Waals surface area contributed by atoms with E-state index >= 15 is 0 Å². The molecule has 0 fully saturated rings. The zero-order valence-electron chi connectivity index (χ0n) is 10.3. The van der Waals surface area contributed by atoms with Crippen molar-refractivity contribution < 1.29 is 4.79 Å². The molecule has 0 spiro atoms. The van der Waals surface area contributed by atoms with Gasteiger partial charge in [-0.15, -0.1) is 0 Å². The second-order valence-corrected chi connectivity index (χ2v) is 5.74. The quantitative estimate of drug-likeness (QED) is 0.947. The zero-order valence-corrected chi connectivity index (χ0v) is 11.9. The molecular formula is C13H14BrN3O. The van der Waals surface area contributed by atoms with E-state index in [1.54, 1.807) is 20.0 Å². The van der Waals surface area contributed by atoms with Crippen LogP contribution in [0.3, 0.4) is 0 Å². The van der Waals surface area contributed by atoms with E-state index in [-0.39, 0.29) is 5.91 Å². The van der Waals surface area contributed by atoms with Crippen molar-refractivity contribution in [3.63, 3.8) is 0 Å². The number of hydrogen-bond acceptors (Lipinski definition) is 3. The van der Waals surface area contributed by atoms with Gasteiger partial charge in [0.15, 0.2) is 0 Å². The predicted octanol–water partition coefficient (Wildman–Crippen LogP) is 2.45. The first-order valence-corrected chi connectivity index (χ1v) is 6.39. The first kappa shape index (κ1) is 13.0. The summed E-state index contributed by atoms with van der Waals surface area (Å²) in [6.07, 6.45) is 2.20. The summed E-state index contributed by atoms with van der Waals surface area (Å²) in [5.74, 6) is 0.282. The Morgan fingerprint density at radius 1 is 1.44 bits per heavy atom. The smallest absolute Gasteiger partial charge is 0.223 e. The van der Waals surface area contributed by atoms with Crippen LogP contribution in [0.4, 0.5) is 0 Å². The molecule has 0 bridgehead atoms. The Morgan fingerprint density at radius 3 is 2.83 bits per heavy atom. The number of aromatic nitrogens is 2. The normalized spacial score (nSPS) is 11.7. The average Bonchev–Trinajstić information content (AvgIpc) is 2.28. The summed E-state index contributed by atoms with van der Waals surface area (Å²) in [7, 11) is 0. The van der Waals surface area contributed by atoms with E-state index in [0.717, 1.165) is 15.4 Å². The lowest BCUT2D eigenvalue weighted by molar-refractivity contribution is -0.126. The molecule has 1 aromatic heterocycles. The molecule has 0 aliphatic carbocycles. The summed E-state index contributed by atoms with van der Waals surface area (Å²) in [6.45, 7) is 3.59. The molecule has 0 atom stereocenters. The summed E-state index contributed by atoms with van der Waals surface area (Å²) in [6, 6.07) is 5.78. The maximum Gasteiger partial charge on any atom is 0.223 e. The van der Waals surface area contributed by atoms with Crippen molar-refractivity contribution in [3.8, 4) is 0 Å². The number of fused-ring (bicyclic) bond motifs is 1. The second kappa shape index (κ2) is 4.65. The highest BCUT2D eigenvalue weighted by Gasteiger charge is 2.26. The van der Waals surface area contributed by atoms with Crippen LogP contribution < -0.4 is 5.73 Å². The van der Waals surface area contributed by atoms with E-state index < -0.39 is 5.41 Å². The van der Waals surface area contributed by atoms with Crippen LogP contribution in [-0.4, -0.2) is 15.9 Å². The number of rotatable bonds is 3. The Morgan fingerprint density at radius 2 is 2.17 bits per heavy atom. The van der Waals surface area contributed by atoms with Crippen molar-refractivity contribution >= 4 is 32.7 Å². The van der Waals surface area contributed by atoms with Crippen molar-refractivity contribution in [1.29, 1.82) is 0 Å². The van der Waals surface area contributed by atoms with Gasteiger partial charge in [0.25, 0.3) is 0 Å². The molecule has 0 saturated carbocycles. The van der Waals surface area contributed by atoms with Gasteiger partial charge in [0.2, 0.25) is 5.91 Å². The zero-order chi connectivity index (χ0) is 13.3. The molecule has 1 heterocycles. The second-order valence-electron chi connectivity index (χ2n) is 4.88. The van der Waals surface area contributed by atoms with E-state index in [9.17, 15) is 4.79 Å². The monoisotopic (exact) mass is 307 g/mol. The molecule has 0 radical (unpaired) electrons. The van der Waals surface area contributed by atoms with Gasteiger partial charge in [0.1, 0.15) is 5.82 Å². The van der Waals surface area contributed by atoms with Gasteiger partial charge in [-0.2, -0.15) is 0 Å². The summed E-state index contributed by atoms with van der Waals surface area (Å²) in [4.78, 5) is 20.0. The number of amides is 1. The Bertz CT molecular complexity index is 610. The Balaban J connectivity index is 2.40. The lowest BCUT2D eigenvalue weighted by Crippen LogP contribution is -2.33. The number of primary amides is 1. The maximum absolute atomic E-state index is 11.3. The summed E-state index contributed by atoms with van der Waals surface area (Å²) in [5, 5.41) is 0.957. The van der Waals surface area contributed by atoms with Gasteiger partial charge in [-0.25, -0.2) is 9.97 Å². The first-order valence-electron chi connectivity index (χ1n) is 5.60. The molecule has 0 saturated heterocycles. The van der Waals surface area contributed by atoms with Crippen LogP contribution in [0, 0.1) is 5.41 Å². The minimum atomic E-state index is -0.639. The molecule has 0 aliphatic rings. The number of nitrogens with zero attached hydrogens (tertiary/aromatic N) is 2. The van der Waals surface area contributed by atoms with Crippen LogP contribution in [0.2, 0.25) is 0 Å². The largest absolute Gasteiger partial charge is 0.369 e. The summed E-state index contributed by atoms with van der Waals surface area (Å²) >= 11 is 3.45. The van der Waals surface area contributed by atoms with E-state index in [2.05, 4.69) is 25.9 Å². The fourth-order valence-electron chi connectivity index (χ4n) is 1.63. The highest BCUT2D eigenvalue weighted by Crippen LogP contribution is 2.24. The molecule has 0 aliphatic heterocycles. The molecule has 94 valence electrons. The van der Waals surface area contributed by atoms with Gasteiger partial charge in [-0.05, 0) is 12.1 Å². The number of carbonyl (C=O) groups excluding carboxylic acids is 1. The lowest BCUT2D eigenvalue weighted by Gasteiger charge is -2.19. The molecule has 2 N–H and O–H groups in total. The third-order valence-corrected chi connectivity index (χ3v) is 3.58. The SMILES string of the molecule is CC(C)(Cc1ncc2c(Br)cccc2n1)C(N)=O. The molecule has 1 amide bonds. The molecule has 0 unspecified atom stereocenters. The maximum atomic E-state index is 11.3. The van der Waals surface area contributed by atoms with Crippen molar-refractivity contribution in [1.82, 2.24) is 9.97 Å². The van der Waals surface area contributed by atoms with E-state index in [1.165, 1.54) is 0 Å². The highest BCUT2D eigenvalue weighted by atomic mass is 79.9. The number of hydrogen-bond donors (Lipinski definition) is 1. The van der Waals surface area contributed by atoms with Gasteiger partial charge >= 0.3 is 0 Å². The van der Waals surface area contributed by atoms with Crippen LogP contribution >= 0.6 is 15.9 Å². The first-order chi connectivity index (χ1) is 8.40. The Kier molecular flexibility index (Phi) is 3.34. The average molecular weight is 308 g/mol. The lowest BCUT2D eigenvalue weighted by atomic mass is 9.88. The Hall–Kier alpha value is -1.49. The molecule has 2 aromatic rings. The standard InChI is InChI=1S/C13H14BrN3O/c1-13(2,12(15)18)6-11-16-7-8-9(14)4-3-5-10(8)17-11/h3-5,7H,6H2,1-2H3,(H2,15,18). The fraction of sp³-hybridized carbons (Fsp3) is 0.308. The third kappa shape index (κ3) is 2.51. The molecule has 2 rings (SSSR count). The van der Waals surface area contributed by atoms with Crippen molar-refractivity contribution in [2.75, 3.05) is 0 Å². The minimum absolute atomic E-state index is 0.347. The summed E-state index contributed by atoms with van der Waals surface area (Å²) in [5.41, 5.74) is 5.57. The molecule has 1 aromatic carbocycles. The van der Waals surface area contributed by atoms with Crippen molar-refractivity contribution in [2.24, 2.45) is 11.1 Å². The molecule has 18 heavy (non-hydrogen) atoms. The van der Waals surface area contributed by atoms with Crippen LogP contribution in [0.1, 0.15) is 19.7 Å². The molecule has 4 nitrogen and oxygen atoms in total. The number of carbonyl (C=O) groups is 1. The number of halogens is 1. The van der Waals surface area contributed by atoms with Crippen LogP contribution in [0.15, 0.2) is 28.9 Å². The van der Waals surface area contributed by atoms with Crippen molar-refractivity contribution in [3.05, 3.63) is 34.7 Å². The van der Waals surface area contributed by atoms with Crippen LogP contribution in [-0.2, 0) is 11.2 Å². The minimum Gasteiger partial charge on any atom is -0.369 e. The predicted molar refractivity (Wildman–Crippen MR) is 73.9 cm³/mol. The molecule has 5 heteroatoms. The number of benzene rings is 1. The van der Waals surface area contributed by atoms with Crippen LogP contribution in [0.25, 0.3) is 10.9 Å². The van der Waals surface area contributed by atoms with E-state index in [1.807, 2.05) is 18.2 Å². The van der Waals surface area contributed by atoms with Crippen LogP contribution in [0.5, 0.6) is 0 Å². The summed E-state index contributed by atoms with van der Waals surface area (Å²) < 4.78 is 0.959. The fourth-order valence-corrected chi connectivity index (χ4v) is 2.08. The van der Waals surface area contributed by atoms with E-state index in [0.29, 0.717) is 12.2 Å². The molecular weight excluding hydrogens is 294 g/mol. The van der Waals surface area contributed by atoms with Gasteiger partial charge < -0.3 is 5.73 Å². The topological polar surface area (TPSA) is 68.9 Å². The van der Waals surface area contributed by atoms with Gasteiger partial charge in [0, 0.05) is 22.5 Å².